The number of benzene rings is 3. The van der Waals surface area contributed by atoms with Crippen LogP contribution in [0.2, 0.25) is 5.02 Å². The van der Waals surface area contributed by atoms with Gasteiger partial charge in [-0.2, -0.15) is 0 Å². The summed E-state index contributed by atoms with van der Waals surface area (Å²) in [5.41, 5.74) is 0.571. The normalized spacial score (nSPS) is 10.8. The van der Waals surface area contributed by atoms with Gasteiger partial charge in [0, 0.05) is 5.02 Å². The Morgan fingerprint density at radius 1 is 1.03 bits per heavy atom. The predicted octanol–water partition coefficient (Wildman–Crippen LogP) is 5.29. The van der Waals surface area contributed by atoms with Crippen LogP contribution in [0.3, 0.4) is 0 Å². The fraction of sp³-hybridized carbons (Fsp3) is 0. The van der Waals surface area contributed by atoms with Gasteiger partial charge in [-0.05, 0) is 66.2 Å². The molecule has 3 aromatic rings. The number of nitrogens with zero attached hydrogens (tertiary/aromatic N) is 1. The van der Waals surface area contributed by atoms with Gasteiger partial charge >= 0.3 is 5.97 Å². The highest BCUT2D eigenvalue weighted by molar-refractivity contribution is 6.30. The van der Waals surface area contributed by atoms with Crippen molar-refractivity contribution >= 4 is 35.1 Å². The molecule has 3 aromatic carbocycles. The largest absolute Gasteiger partial charge is 0.733 e. The van der Waals surface area contributed by atoms with Crippen LogP contribution >= 0.6 is 11.6 Å². The molecule has 152 valence electrons. The number of allylic oxidation sites excluding steroid dienone is 1. The van der Waals surface area contributed by atoms with Gasteiger partial charge in [0.1, 0.15) is 11.6 Å². The first-order chi connectivity index (χ1) is 14.3. The summed E-state index contributed by atoms with van der Waals surface area (Å²) in [6.45, 7) is 0. The zero-order chi connectivity index (χ0) is 21.7. The molecule has 0 saturated carbocycles. The standard InChI is InChI=1S/C22H14ClFNO5/c23-16-6-1-14(2-7-16)3-11-20(26)19-13-17(24)8-12-21(19)30-22(27)15-4-9-18(10-5-15)25(28)29/h1-13,28H/q-1. The number of hydrogen-bond donors (Lipinski definition) is 1. The lowest BCUT2D eigenvalue weighted by Crippen LogP contribution is -2.12. The van der Waals surface area contributed by atoms with E-state index in [1.165, 1.54) is 42.5 Å². The van der Waals surface area contributed by atoms with Gasteiger partial charge in [0.05, 0.1) is 16.8 Å². The molecule has 0 aliphatic heterocycles. The first kappa shape index (κ1) is 21.2. The third kappa shape index (κ3) is 5.30. The quantitative estimate of drug-likeness (QED) is 0.189. The Hall–Kier alpha value is -3.52. The van der Waals surface area contributed by atoms with Crippen molar-refractivity contribution in [3.63, 3.8) is 0 Å². The zero-order valence-corrected chi connectivity index (χ0v) is 16.0. The number of ether oxygens (including phenoxy) is 1. The molecule has 0 unspecified atom stereocenters. The van der Waals surface area contributed by atoms with Gasteiger partial charge in [0.25, 0.3) is 0 Å². The smallest absolute Gasteiger partial charge is 0.343 e. The second-order valence-electron chi connectivity index (χ2n) is 6.10. The first-order valence-electron chi connectivity index (χ1n) is 8.59. The SMILES string of the molecule is O=C(Oc1ccc(F)cc1C(=O)C=Cc1ccc(Cl)cc1)c1ccc(N([O-])O)cc1. The van der Waals surface area contributed by atoms with Gasteiger partial charge in [0.15, 0.2) is 5.78 Å². The summed E-state index contributed by atoms with van der Waals surface area (Å²) >= 11 is 5.82. The number of carbonyl (C=O) groups is 2. The number of rotatable bonds is 6. The third-order valence-corrected chi connectivity index (χ3v) is 4.28. The number of hydrogen-bond acceptors (Lipinski definition) is 6. The predicted molar refractivity (Wildman–Crippen MR) is 110 cm³/mol. The van der Waals surface area contributed by atoms with Crippen LogP contribution in [0.5, 0.6) is 5.75 Å². The van der Waals surface area contributed by atoms with Crippen LogP contribution in [0.4, 0.5) is 10.1 Å². The van der Waals surface area contributed by atoms with Crippen molar-refractivity contribution in [2.45, 2.75) is 0 Å². The Balaban J connectivity index is 1.81. The Labute approximate surface area is 175 Å². The van der Waals surface area contributed by atoms with E-state index >= 15 is 0 Å². The summed E-state index contributed by atoms with van der Waals surface area (Å²) < 4.78 is 19.0. The minimum atomic E-state index is -0.820. The van der Waals surface area contributed by atoms with Gasteiger partial charge in [-0.15, -0.1) is 0 Å². The molecule has 0 radical (unpaired) electrons. The fourth-order valence-corrected chi connectivity index (χ4v) is 2.63. The summed E-state index contributed by atoms with van der Waals surface area (Å²) in [6, 6.07) is 14.9. The Kier molecular flexibility index (Phi) is 6.58. The van der Waals surface area contributed by atoms with E-state index in [1.54, 1.807) is 24.3 Å². The minimum Gasteiger partial charge on any atom is -0.733 e. The maximum atomic E-state index is 13.7. The zero-order valence-electron chi connectivity index (χ0n) is 15.3. The van der Waals surface area contributed by atoms with E-state index in [-0.39, 0.29) is 27.8 Å². The third-order valence-electron chi connectivity index (χ3n) is 4.03. The van der Waals surface area contributed by atoms with E-state index in [4.69, 9.17) is 21.5 Å². The number of anilines is 1. The molecular formula is C22H14ClFNO5-. The van der Waals surface area contributed by atoms with Crippen LogP contribution in [-0.4, -0.2) is 17.0 Å². The van der Waals surface area contributed by atoms with Crippen molar-refractivity contribution in [3.05, 3.63) is 106 Å². The van der Waals surface area contributed by atoms with Crippen molar-refractivity contribution in [2.24, 2.45) is 0 Å². The lowest BCUT2D eigenvalue weighted by molar-refractivity contribution is 0.0733. The van der Waals surface area contributed by atoms with Gasteiger partial charge in [-0.25, -0.2) is 9.18 Å². The van der Waals surface area contributed by atoms with E-state index in [9.17, 15) is 19.2 Å². The number of ketones is 1. The highest BCUT2D eigenvalue weighted by Gasteiger charge is 2.16. The Morgan fingerprint density at radius 3 is 2.33 bits per heavy atom. The van der Waals surface area contributed by atoms with Crippen LogP contribution in [0, 0.1) is 11.0 Å². The molecule has 8 heteroatoms. The molecule has 0 aromatic heterocycles. The molecule has 6 nitrogen and oxygen atoms in total. The van der Waals surface area contributed by atoms with Gasteiger partial charge in [-0.3, -0.25) is 10.0 Å². The second-order valence-corrected chi connectivity index (χ2v) is 6.54. The monoisotopic (exact) mass is 426 g/mol. The second kappa shape index (κ2) is 9.32. The molecule has 0 spiro atoms. The lowest BCUT2D eigenvalue weighted by Gasteiger charge is -2.21. The molecule has 0 bridgehead atoms. The molecule has 0 aliphatic carbocycles. The molecule has 0 atom stereocenters. The first-order valence-corrected chi connectivity index (χ1v) is 8.97. The molecule has 1 N–H and O–H groups in total. The molecular weight excluding hydrogens is 413 g/mol. The summed E-state index contributed by atoms with van der Waals surface area (Å²) in [6.07, 6.45) is 2.76. The molecule has 3 rings (SSSR count). The maximum absolute atomic E-state index is 13.7. The van der Waals surface area contributed by atoms with E-state index in [2.05, 4.69) is 0 Å². The van der Waals surface area contributed by atoms with Crippen LogP contribution in [0.1, 0.15) is 26.3 Å². The van der Waals surface area contributed by atoms with Crippen molar-refractivity contribution < 1.29 is 23.9 Å². The summed E-state index contributed by atoms with van der Waals surface area (Å²) in [5, 5.41) is 19.9. The molecule has 0 heterocycles. The van der Waals surface area contributed by atoms with Crippen molar-refractivity contribution in [1.82, 2.24) is 0 Å². The van der Waals surface area contributed by atoms with E-state index < -0.39 is 17.6 Å². The minimum absolute atomic E-state index is 0.0695. The molecule has 0 aliphatic rings. The number of halogens is 2. The van der Waals surface area contributed by atoms with Crippen molar-refractivity contribution in [1.29, 1.82) is 0 Å². The van der Waals surface area contributed by atoms with Gasteiger partial charge < -0.3 is 15.2 Å². The van der Waals surface area contributed by atoms with Gasteiger partial charge in [-0.1, -0.05) is 29.8 Å². The summed E-state index contributed by atoms with van der Waals surface area (Å²) in [7, 11) is 0. The Morgan fingerprint density at radius 2 is 1.70 bits per heavy atom. The molecule has 0 fully saturated rings. The van der Waals surface area contributed by atoms with E-state index in [1.807, 2.05) is 0 Å². The summed E-state index contributed by atoms with van der Waals surface area (Å²) in [5.74, 6) is -2.17. The van der Waals surface area contributed by atoms with Crippen LogP contribution < -0.4 is 9.96 Å². The van der Waals surface area contributed by atoms with Gasteiger partial charge in [0.2, 0.25) is 0 Å². The maximum Gasteiger partial charge on any atom is 0.343 e. The fourth-order valence-electron chi connectivity index (χ4n) is 2.50. The van der Waals surface area contributed by atoms with Crippen LogP contribution in [-0.2, 0) is 0 Å². The van der Waals surface area contributed by atoms with Crippen LogP contribution in [0.25, 0.3) is 6.08 Å². The lowest BCUT2D eigenvalue weighted by atomic mass is 10.1. The van der Waals surface area contributed by atoms with E-state index in [0.29, 0.717) is 10.6 Å². The summed E-state index contributed by atoms with van der Waals surface area (Å²) in [4.78, 5) is 24.9. The van der Waals surface area contributed by atoms with E-state index in [0.717, 1.165) is 12.1 Å². The topological polar surface area (TPSA) is 89.9 Å². The van der Waals surface area contributed by atoms with Crippen molar-refractivity contribution in [3.8, 4) is 5.75 Å². The molecule has 0 saturated heterocycles. The Bertz CT molecular complexity index is 1100. The highest BCUT2D eigenvalue weighted by Crippen LogP contribution is 2.23. The average molecular weight is 427 g/mol. The molecule has 0 amide bonds. The number of esters is 1. The van der Waals surface area contributed by atoms with Crippen molar-refractivity contribution in [2.75, 3.05) is 5.23 Å². The molecule has 30 heavy (non-hydrogen) atoms. The van der Waals surface area contributed by atoms with Crippen LogP contribution in [0.15, 0.2) is 72.8 Å². The highest BCUT2D eigenvalue weighted by atomic mass is 35.5. The number of carbonyl (C=O) groups excluding carboxylic acids is 2. The average Bonchev–Trinajstić information content (AvgIpc) is 2.74.